The first kappa shape index (κ1) is 13.7. The van der Waals surface area contributed by atoms with Crippen molar-refractivity contribution in [2.24, 2.45) is 10.9 Å². The number of hydrogen-bond acceptors (Lipinski definition) is 3. The molecule has 0 aliphatic carbocycles. The number of carbonyl (C=O) groups is 1. The predicted molar refractivity (Wildman–Crippen MR) is 60.8 cm³/mol. The maximum Gasteiger partial charge on any atom is 0.308 e. The van der Waals surface area contributed by atoms with Gasteiger partial charge in [-0.05, 0) is 12.8 Å². The third-order valence-corrected chi connectivity index (χ3v) is 2.17. The lowest BCUT2D eigenvalue weighted by molar-refractivity contribution is -0.145. The Balaban J connectivity index is 3.58. The van der Waals surface area contributed by atoms with E-state index in [2.05, 4.69) is 20.4 Å². The first-order valence-corrected chi connectivity index (χ1v) is 5.12. The summed E-state index contributed by atoms with van der Waals surface area (Å²) >= 11 is 0. The Morgan fingerprint density at radius 1 is 1.53 bits per heavy atom. The Bertz CT molecular complexity index is 217. The molecule has 0 fully saturated rings. The zero-order valence-corrected chi connectivity index (χ0v) is 9.96. The van der Waals surface area contributed by atoms with Crippen molar-refractivity contribution < 1.29 is 9.53 Å². The molecule has 0 aliphatic rings. The molecule has 0 rings (SSSR count). The highest BCUT2D eigenvalue weighted by Gasteiger charge is 2.11. The van der Waals surface area contributed by atoms with Crippen LogP contribution in [0, 0.1) is 5.92 Å². The molecule has 5 nitrogen and oxygen atoms in total. The van der Waals surface area contributed by atoms with Crippen molar-refractivity contribution in [1.82, 2.24) is 10.6 Å². The summed E-state index contributed by atoms with van der Waals surface area (Å²) in [7, 11) is 4.95. The van der Waals surface area contributed by atoms with Crippen LogP contribution in [-0.2, 0) is 9.53 Å². The Morgan fingerprint density at radius 3 is 2.67 bits per heavy atom. The summed E-state index contributed by atoms with van der Waals surface area (Å²) in [5, 5.41) is 6.04. The lowest BCUT2D eigenvalue weighted by atomic mass is 10.1. The van der Waals surface area contributed by atoms with Gasteiger partial charge in [0.15, 0.2) is 5.96 Å². The molecule has 0 amide bonds. The first-order chi connectivity index (χ1) is 7.15. The topological polar surface area (TPSA) is 62.7 Å². The van der Waals surface area contributed by atoms with Gasteiger partial charge in [-0.25, -0.2) is 0 Å². The van der Waals surface area contributed by atoms with Crippen molar-refractivity contribution >= 4 is 11.9 Å². The number of rotatable bonds is 5. The quantitative estimate of drug-likeness (QED) is 0.301. The van der Waals surface area contributed by atoms with Crippen LogP contribution in [0.4, 0.5) is 0 Å². The molecular formula is C10H21N3O2. The average molecular weight is 215 g/mol. The molecule has 0 aromatic carbocycles. The molecule has 0 bridgehead atoms. The van der Waals surface area contributed by atoms with Gasteiger partial charge in [0.25, 0.3) is 0 Å². The fourth-order valence-electron chi connectivity index (χ4n) is 1.21. The molecule has 5 heteroatoms. The number of carbonyl (C=O) groups excluding carboxylic acids is 1. The van der Waals surface area contributed by atoms with E-state index in [-0.39, 0.29) is 11.9 Å². The molecule has 1 unspecified atom stereocenters. The number of methoxy groups -OCH3 is 1. The smallest absolute Gasteiger partial charge is 0.308 e. The molecule has 0 aliphatic heterocycles. The molecule has 0 heterocycles. The number of hydrogen-bond donors (Lipinski definition) is 2. The van der Waals surface area contributed by atoms with Crippen molar-refractivity contribution in [1.29, 1.82) is 0 Å². The van der Waals surface area contributed by atoms with Gasteiger partial charge in [0, 0.05) is 20.6 Å². The Hall–Kier alpha value is -1.26. The van der Waals surface area contributed by atoms with Gasteiger partial charge in [0.1, 0.15) is 0 Å². The Labute approximate surface area is 91.3 Å². The van der Waals surface area contributed by atoms with Crippen LogP contribution in [-0.4, -0.2) is 39.7 Å². The second-order valence-electron chi connectivity index (χ2n) is 3.32. The lowest BCUT2D eigenvalue weighted by Gasteiger charge is -2.10. The third-order valence-electron chi connectivity index (χ3n) is 2.17. The van der Waals surface area contributed by atoms with Crippen molar-refractivity contribution in [3.8, 4) is 0 Å². The van der Waals surface area contributed by atoms with Crippen LogP contribution in [0.1, 0.15) is 19.8 Å². The van der Waals surface area contributed by atoms with Gasteiger partial charge < -0.3 is 15.4 Å². The highest BCUT2D eigenvalue weighted by Crippen LogP contribution is 2.06. The van der Waals surface area contributed by atoms with Crippen LogP contribution in [0.5, 0.6) is 0 Å². The second kappa shape index (κ2) is 8.08. The van der Waals surface area contributed by atoms with Crippen molar-refractivity contribution in [3.05, 3.63) is 0 Å². The number of guanidine groups is 1. The average Bonchev–Trinajstić information content (AvgIpc) is 2.27. The summed E-state index contributed by atoms with van der Waals surface area (Å²) in [6.45, 7) is 2.67. The minimum atomic E-state index is -0.145. The van der Waals surface area contributed by atoms with Gasteiger partial charge in [-0.15, -0.1) is 0 Å². The lowest BCUT2D eigenvalue weighted by Crippen LogP contribution is -2.35. The van der Waals surface area contributed by atoms with E-state index in [1.54, 1.807) is 7.05 Å². The molecule has 0 spiro atoms. The number of aliphatic imine (C=N–C) groups is 1. The standard InChI is InChI=1S/C10H21N3O2/c1-8(9(14)15-4)6-5-7-13-10(11-2)12-3/h8H,5-7H2,1-4H3,(H2,11,12,13). The number of esters is 1. The van der Waals surface area contributed by atoms with Crippen LogP contribution in [0.25, 0.3) is 0 Å². The van der Waals surface area contributed by atoms with Gasteiger partial charge in [-0.2, -0.15) is 0 Å². The largest absolute Gasteiger partial charge is 0.469 e. The summed E-state index contributed by atoms with van der Waals surface area (Å²) < 4.78 is 4.64. The molecule has 0 aromatic heterocycles. The van der Waals surface area contributed by atoms with Gasteiger partial charge >= 0.3 is 5.97 Å². The van der Waals surface area contributed by atoms with Crippen molar-refractivity contribution in [2.45, 2.75) is 19.8 Å². The zero-order chi connectivity index (χ0) is 11.7. The summed E-state index contributed by atoms with van der Waals surface area (Å²) in [6, 6.07) is 0. The first-order valence-electron chi connectivity index (χ1n) is 5.12. The monoisotopic (exact) mass is 215 g/mol. The molecule has 0 aromatic rings. The van der Waals surface area contributed by atoms with E-state index in [0.717, 1.165) is 25.3 Å². The maximum absolute atomic E-state index is 11.1. The van der Waals surface area contributed by atoms with Gasteiger partial charge in [0.2, 0.25) is 0 Å². The van der Waals surface area contributed by atoms with Crippen molar-refractivity contribution in [3.63, 3.8) is 0 Å². The molecule has 0 radical (unpaired) electrons. The third kappa shape index (κ3) is 5.93. The molecule has 0 saturated heterocycles. The molecule has 15 heavy (non-hydrogen) atoms. The Kier molecular flexibility index (Phi) is 7.40. The number of nitrogens with one attached hydrogen (secondary N) is 2. The number of ether oxygens (including phenoxy) is 1. The maximum atomic E-state index is 11.1. The summed E-state index contributed by atoms with van der Waals surface area (Å²) in [5.74, 6) is 0.585. The molecule has 88 valence electrons. The van der Waals surface area contributed by atoms with E-state index < -0.39 is 0 Å². The van der Waals surface area contributed by atoms with E-state index >= 15 is 0 Å². The van der Waals surface area contributed by atoms with Crippen LogP contribution >= 0.6 is 0 Å². The highest BCUT2D eigenvalue weighted by molar-refractivity contribution is 5.79. The normalized spacial score (nSPS) is 13.2. The van der Waals surface area contributed by atoms with Gasteiger partial charge in [0.05, 0.1) is 13.0 Å². The minimum Gasteiger partial charge on any atom is -0.469 e. The molecule has 2 N–H and O–H groups in total. The second-order valence-corrected chi connectivity index (χ2v) is 3.32. The summed E-state index contributed by atoms with van der Waals surface area (Å²) in [6.07, 6.45) is 1.73. The molecule has 0 saturated carbocycles. The SMILES string of the molecule is CN=C(NC)NCCCC(C)C(=O)OC. The van der Waals surface area contributed by atoms with Gasteiger partial charge in [-0.3, -0.25) is 9.79 Å². The predicted octanol–water partition coefficient (Wildman–Crippen LogP) is 0.370. The molecular weight excluding hydrogens is 194 g/mol. The van der Waals surface area contributed by atoms with Crippen LogP contribution in [0.15, 0.2) is 4.99 Å². The van der Waals surface area contributed by atoms with Crippen LogP contribution in [0.2, 0.25) is 0 Å². The Morgan fingerprint density at radius 2 is 2.20 bits per heavy atom. The fourth-order valence-corrected chi connectivity index (χ4v) is 1.21. The summed E-state index contributed by atoms with van der Waals surface area (Å²) in [5.41, 5.74) is 0. The van der Waals surface area contributed by atoms with Crippen LogP contribution in [0.3, 0.4) is 0 Å². The van der Waals surface area contributed by atoms with Crippen LogP contribution < -0.4 is 10.6 Å². The minimum absolute atomic E-state index is 0.0339. The zero-order valence-electron chi connectivity index (χ0n) is 9.96. The fraction of sp³-hybridized carbons (Fsp3) is 0.800. The van der Waals surface area contributed by atoms with E-state index in [0.29, 0.717) is 0 Å². The summed E-state index contributed by atoms with van der Waals surface area (Å²) in [4.78, 5) is 15.1. The molecule has 1 atom stereocenters. The van der Waals surface area contributed by atoms with E-state index in [1.807, 2.05) is 14.0 Å². The van der Waals surface area contributed by atoms with Crippen molar-refractivity contribution in [2.75, 3.05) is 27.7 Å². The van der Waals surface area contributed by atoms with E-state index in [9.17, 15) is 4.79 Å². The highest BCUT2D eigenvalue weighted by atomic mass is 16.5. The van der Waals surface area contributed by atoms with E-state index in [4.69, 9.17) is 0 Å². The number of nitrogens with zero attached hydrogens (tertiary/aromatic N) is 1. The van der Waals surface area contributed by atoms with Gasteiger partial charge in [-0.1, -0.05) is 6.92 Å². The van der Waals surface area contributed by atoms with E-state index in [1.165, 1.54) is 7.11 Å².